The van der Waals surface area contributed by atoms with E-state index in [0.29, 0.717) is 24.5 Å². The summed E-state index contributed by atoms with van der Waals surface area (Å²) < 4.78 is 2.19. The maximum Gasteiger partial charge on any atom is 0.133 e. The molecule has 0 aliphatic heterocycles. The van der Waals surface area contributed by atoms with Crippen LogP contribution in [0.4, 0.5) is 0 Å². The van der Waals surface area contributed by atoms with Gasteiger partial charge in [0.25, 0.3) is 0 Å². The van der Waals surface area contributed by atoms with Crippen LogP contribution in [-0.2, 0) is 17.6 Å². The highest BCUT2D eigenvalue weighted by Gasteiger charge is 2.10. The highest BCUT2D eigenvalue weighted by atomic mass is 79.9. The first-order chi connectivity index (χ1) is 11.0. The standard InChI is InChI=1S/C20H22Br2O/c1-15(2-3-16-4-9-18(21)10-5-16)14-20(23)13-8-17-6-11-19(22)12-7-17/h4-7,9-12,15H,2-3,8,13-14H2,1H3. The van der Waals surface area contributed by atoms with Crippen LogP contribution in [0.5, 0.6) is 0 Å². The second-order valence-electron chi connectivity index (χ2n) is 6.14. The zero-order valence-electron chi connectivity index (χ0n) is 13.4. The predicted molar refractivity (Wildman–Crippen MR) is 104 cm³/mol. The van der Waals surface area contributed by atoms with E-state index < -0.39 is 0 Å². The van der Waals surface area contributed by atoms with Crippen LogP contribution in [0, 0.1) is 5.92 Å². The molecule has 122 valence electrons. The Morgan fingerprint density at radius 2 is 1.35 bits per heavy atom. The van der Waals surface area contributed by atoms with E-state index in [4.69, 9.17) is 0 Å². The molecule has 0 heterocycles. The number of carbonyl (C=O) groups is 1. The number of carbonyl (C=O) groups excluding carboxylic acids is 1. The Balaban J connectivity index is 1.69. The molecule has 0 aliphatic rings. The first-order valence-electron chi connectivity index (χ1n) is 8.03. The SMILES string of the molecule is CC(CCc1ccc(Br)cc1)CC(=O)CCc1ccc(Br)cc1. The maximum absolute atomic E-state index is 12.1. The summed E-state index contributed by atoms with van der Waals surface area (Å²) in [5, 5.41) is 0. The van der Waals surface area contributed by atoms with Crippen molar-refractivity contribution in [1.29, 1.82) is 0 Å². The molecule has 3 heteroatoms. The predicted octanol–water partition coefficient (Wildman–Crippen LogP) is 6.37. The van der Waals surface area contributed by atoms with E-state index in [2.05, 4.69) is 75.2 Å². The van der Waals surface area contributed by atoms with Gasteiger partial charge in [-0.25, -0.2) is 0 Å². The monoisotopic (exact) mass is 436 g/mol. The zero-order valence-corrected chi connectivity index (χ0v) is 16.6. The number of hydrogen-bond acceptors (Lipinski definition) is 1. The normalized spacial score (nSPS) is 12.1. The summed E-state index contributed by atoms with van der Waals surface area (Å²) in [4.78, 5) is 12.1. The van der Waals surface area contributed by atoms with Crippen LogP contribution in [0.15, 0.2) is 57.5 Å². The topological polar surface area (TPSA) is 17.1 Å². The van der Waals surface area contributed by atoms with E-state index >= 15 is 0 Å². The number of ketones is 1. The van der Waals surface area contributed by atoms with Gasteiger partial charge in [0.1, 0.15) is 5.78 Å². The lowest BCUT2D eigenvalue weighted by atomic mass is 9.94. The first kappa shape index (κ1) is 18.4. The molecule has 1 unspecified atom stereocenters. The van der Waals surface area contributed by atoms with Crippen LogP contribution in [-0.4, -0.2) is 5.78 Å². The number of hydrogen-bond donors (Lipinski definition) is 0. The molecule has 0 radical (unpaired) electrons. The van der Waals surface area contributed by atoms with Crippen LogP contribution in [0.25, 0.3) is 0 Å². The third-order valence-corrected chi connectivity index (χ3v) is 5.08. The molecule has 0 saturated heterocycles. The zero-order chi connectivity index (χ0) is 16.7. The van der Waals surface area contributed by atoms with Gasteiger partial charge in [-0.1, -0.05) is 63.0 Å². The summed E-state index contributed by atoms with van der Waals surface area (Å²) in [5.41, 5.74) is 2.56. The molecule has 0 aromatic heterocycles. The molecular weight excluding hydrogens is 416 g/mol. The summed E-state index contributed by atoms with van der Waals surface area (Å²) in [7, 11) is 0. The quantitative estimate of drug-likeness (QED) is 0.468. The minimum atomic E-state index is 0.372. The molecule has 0 spiro atoms. The molecule has 0 amide bonds. The van der Waals surface area contributed by atoms with Gasteiger partial charge in [0.15, 0.2) is 0 Å². The van der Waals surface area contributed by atoms with Crippen LogP contribution in [0.2, 0.25) is 0 Å². The number of aryl methyl sites for hydroxylation is 2. The number of halogens is 2. The number of Topliss-reactive ketones (excluding diaryl/α,β-unsaturated/α-hetero) is 1. The van der Waals surface area contributed by atoms with Gasteiger partial charge < -0.3 is 0 Å². The van der Waals surface area contributed by atoms with E-state index in [1.54, 1.807) is 0 Å². The average molecular weight is 438 g/mol. The molecule has 2 aromatic carbocycles. The van der Waals surface area contributed by atoms with Gasteiger partial charge in [0, 0.05) is 21.8 Å². The van der Waals surface area contributed by atoms with E-state index in [0.717, 1.165) is 28.2 Å². The van der Waals surface area contributed by atoms with E-state index in [1.165, 1.54) is 11.1 Å². The smallest absolute Gasteiger partial charge is 0.133 e. The molecular formula is C20H22Br2O. The Kier molecular flexibility index (Phi) is 7.51. The fourth-order valence-electron chi connectivity index (χ4n) is 2.59. The molecule has 1 atom stereocenters. The maximum atomic E-state index is 12.1. The van der Waals surface area contributed by atoms with Crippen molar-refractivity contribution in [2.45, 2.75) is 39.0 Å². The van der Waals surface area contributed by atoms with Gasteiger partial charge in [-0.2, -0.15) is 0 Å². The van der Waals surface area contributed by atoms with Gasteiger partial charge in [0.05, 0.1) is 0 Å². The van der Waals surface area contributed by atoms with E-state index in [9.17, 15) is 4.79 Å². The molecule has 2 aromatic rings. The van der Waals surface area contributed by atoms with Gasteiger partial charge in [-0.15, -0.1) is 0 Å². The van der Waals surface area contributed by atoms with Crippen molar-refractivity contribution in [3.63, 3.8) is 0 Å². The molecule has 0 bridgehead atoms. The second kappa shape index (κ2) is 9.39. The average Bonchev–Trinajstić information content (AvgIpc) is 2.54. The summed E-state index contributed by atoms with van der Waals surface area (Å²) in [6, 6.07) is 16.6. The first-order valence-corrected chi connectivity index (χ1v) is 9.62. The Morgan fingerprint density at radius 1 is 0.870 bits per heavy atom. The molecule has 0 saturated carbocycles. The lowest BCUT2D eigenvalue weighted by molar-refractivity contribution is -0.119. The fraction of sp³-hybridized carbons (Fsp3) is 0.350. The lowest BCUT2D eigenvalue weighted by Gasteiger charge is -2.11. The minimum absolute atomic E-state index is 0.372. The highest BCUT2D eigenvalue weighted by Crippen LogP contribution is 2.17. The fourth-order valence-corrected chi connectivity index (χ4v) is 3.12. The van der Waals surface area contributed by atoms with Crippen LogP contribution < -0.4 is 0 Å². The van der Waals surface area contributed by atoms with Gasteiger partial charge in [-0.05, 0) is 60.6 Å². The molecule has 0 aliphatic carbocycles. The molecule has 0 fully saturated rings. The molecule has 23 heavy (non-hydrogen) atoms. The summed E-state index contributed by atoms with van der Waals surface area (Å²) in [6.45, 7) is 2.18. The van der Waals surface area contributed by atoms with Crippen molar-refractivity contribution in [3.8, 4) is 0 Å². The van der Waals surface area contributed by atoms with Gasteiger partial charge >= 0.3 is 0 Å². The summed E-state index contributed by atoms with van der Waals surface area (Å²) in [5.74, 6) is 0.812. The van der Waals surface area contributed by atoms with Crippen molar-refractivity contribution >= 4 is 37.6 Å². The summed E-state index contributed by atoms with van der Waals surface area (Å²) >= 11 is 6.88. The van der Waals surface area contributed by atoms with Crippen molar-refractivity contribution in [2.75, 3.05) is 0 Å². The third-order valence-electron chi connectivity index (χ3n) is 4.02. The Bertz CT molecular complexity index is 617. The Hall–Kier alpha value is -0.930. The molecule has 2 rings (SSSR count). The summed E-state index contributed by atoms with van der Waals surface area (Å²) in [6.07, 6.45) is 4.27. The van der Waals surface area contributed by atoms with Gasteiger partial charge in [0.2, 0.25) is 0 Å². The van der Waals surface area contributed by atoms with Crippen molar-refractivity contribution in [2.24, 2.45) is 5.92 Å². The van der Waals surface area contributed by atoms with Crippen LogP contribution in [0.1, 0.15) is 37.3 Å². The van der Waals surface area contributed by atoms with E-state index in [1.807, 2.05) is 12.1 Å². The molecule has 1 nitrogen and oxygen atoms in total. The Morgan fingerprint density at radius 3 is 1.87 bits per heavy atom. The third kappa shape index (κ3) is 7.01. The van der Waals surface area contributed by atoms with Crippen molar-refractivity contribution < 1.29 is 4.79 Å². The van der Waals surface area contributed by atoms with Gasteiger partial charge in [-0.3, -0.25) is 4.79 Å². The van der Waals surface area contributed by atoms with Crippen molar-refractivity contribution in [3.05, 3.63) is 68.6 Å². The Labute approximate surface area is 155 Å². The highest BCUT2D eigenvalue weighted by molar-refractivity contribution is 9.10. The number of rotatable bonds is 8. The van der Waals surface area contributed by atoms with Crippen LogP contribution >= 0.6 is 31.9 Å². The number of benzene rings is 2. The van der Waals surface area contributed by atoms with Crippen LogP contribution in [0.3, 0.4) is 0 Å². The lowest BCUT2D eigenvalue weighted by Crippen LogP contribution is -2.07. The largest absolute Gasteiger partial charge is 0.300 e. The minimum Gasteiger partial charge on any atom is -0.300 e. The molecule has 0 N–H and O–H groups in total. The second-order valence-corrected chi connectivity index (χ2v) is 7.97. The van der Waals surface area contributed by atoms with E-state index in [-0.39, 0.29) is 0 Å². The van der Waals surface area contributed by atoms with Crippen molar-refractivity contribution in [1.82, 2.24) is 0 Å².